The molecule has 0 aliphatic carbocycles. The van der Waals surface area contributed by atoms with Crippen molar-refractivity contribution in [2.24, 2.45) is 0 Å². The summed E-state index contributed by atoms with van der Waals surface area (Å²) in [6, 6.07) is 0. The van der Waals surface area contributed by atoms with E-state index in [1.807, 2.05) is 0 Å². The van der Waals surface area contributed by atoms with Crippen molar-refractivity contribution in [1.82, 2.24) is 4.98 Å². The van der Waals surface area contributed by atoms with Crippen LogP contribution >= 0.6 is 11.3 Å². The molecule has 0 aromatic carbocycles. The molecule has 0 radical (unpaired) electrons. The lowest BCUT2D eigenvalue weighted by molar-refractivity contribution is 0.601. The molecule has 0 saturated carbocycles. The highest BCUT2D eigenvalue weighted by atomic mass is 32.2. The van der Waals surface area contributed by atoms with Gasteiger partial charge in [-0.15, -0.1) is 11.3 Å². The summed E-state index contributed by atoms with van der Waals surface area (Å²) in [6.45, 7) is 0. The fourth-order valence-corrected chi connectivity index (χ4v) is 2.51. The zero-order chi connectivity index (χ0) is 8.48. The van der Waals surface area contributed by atoms with E-state index in [1.54, 1.807) is 5.38 Å². The van der Waals surface area contributed by atoms with Crippen molar-refractivity contribution in [2.45, 2.75) is 5.75 Å². The lowest BCUT2D eigenvalue weighted by Crippen LogP contribution is -2.00. The van der Waals surface area contributed by atoms with Gasteiger partial charge in [0.1, 0.15) is 16.6 Å². The second kappa shape index (κ2) is 2.78. The SMILES string of the molecule is CS(=O)(=O)Cc1nc(N)cs1. The summed E-state index contributed by atoms with van der Waals surface area (Å²) in [5.41, 5.74) is 5.30. The smallest absolute Gasteiger partial charge is 0.153 e. The Morgan fingerprint density at radius 3 is 2.73 bits per heavy atom. The largest absolute Gasteiger partial charge is 0.383 e. The lowest BCUT2D eigenvalue weighted by atomic mass is 10.8. The predicted octanol–water partition coefficient (Wildman–Crippen LogP) is 0.270. The van der Waals surface area contributed by atoms with E-state index < -0.39 is 9.84 Å². The van der Waals surface area contributed by atoms with Crippen LogP contribution in [0.2, 0.25) is 0 Å². The van der Waals surface area contributed by atoms with Gasteiger partial charge in [0, 0.05) is 11.6 Å². The van der Waals surface area contributed by atoms with Crippen LogP contribution in [0.15, 0.2) is 5.38 Å². The topological polar surface area (TPSA) is 73.0 Å². The summed E-state index contributed by atoms with van der Waals surface area (Å²) >= 11 is 1.26. The van der Waals surface area contributed by atoms with Gasteiger partial charge in [-0.05, 0) is 0 Å². The molecular formula is C5H8N2O2S2. The van der Waals surface area contributed by atoms with E-state index in [0.29, 0.717) is 10.8 Å². The summed E-state index contributed by atoms with van der Waals surface area (Å²) in [5.74, 6) is 0.364. The molecular weight excluding hydrogens is 184 g/mol. The number of rotatable bonds is 2. The number of anilines is 1. The highest BCUT2D eigenvalue weighted by molar-refractivity contribution is 7.90. The van der Waals surface area contributed by atoms with Gasteiger partial charge in [-0.3, -0.25) is 0 Å². The Morgan fingerprint density at radius 2 is 2.36 bits per heavy atom. The summed E-state index contributed by atoms with van der Waals surface area (Å²) < 4.78 is 21.5. The Balaban J connectivity index is 2.81. The second-order valence-electron chi connectivity index (χ2n) is 2.24. The number of nitrogen functional groups attached to an aromatic ring is 1. The number of hydrogen-bond acceptors (Lipinski definition) is 5. The van der Waals surface area contributed by atoms with Gasteiger partial charge in [-0.1, -0.05) is 0 Å². The van der Waals surface area contributed by atoms with Crippen molar-refractivity contribution >= 4 is 27.0 Å². The second-order valence-corrected chi connectivity index (χ2v) is 5.32. The van der Waals surface area contributed by atoms with Crippen LogP contribution < -0.4 is 5.73 Å². The molecule has 0 bridgehead atoms. The molecule has 1 aromatic heterocycles. The van der Waals surface area contributed by atoms with Crippen molar-refractivity contribution < 1.29 is 8.42 Å². The fourth-order valence-electron chi connectivity index (χ4n) is 0.616. The molecule has 11 heavy (non-hydrogen) atoms. The van der Waals surface area contributed by atoms with Crippen LogP contribution in [-0.4, -0.2) is 19.7 Å². The van der Waals surface area contributed by atoms with E-state index in [4.69, 9.17) is 5.73 Å². The van der Waals surface area contributed by atoms with E-state index in [9.17, 15) is 8.42 Å². The minimum Gasteiger partial charge on any atom is -0.383 e. The van der Waals surface area contributed by atoms with E-state index in [1.165, 1.54) is 17.6 Å². The first-order valence-electron chi connectivity index (χ1n) is 2.85. The molecule has 0 aliphatic heterocycles. The standard InChI is InChI=1S/C5H8N2O2S2/c1-11(8,9)3-5-7-4(6)2-10-5/h2H,3,6H2,1H3. The number of sulfone groups is 1. The van der Waals surface area contributed by atoms with Crippen LogP contribution in [0.3, 0.4) is 0 Å². The third-order valence-electron chi connectivity index (χ3n) is 0.955. The van der Waals surface area contributed by atoms with Crippen LogP contribution in [0.25, 0.3) is 0 Å². The van der Waals surface area contributed by atoms with Gasteiger partial charge in [-0.2, -0.15) is 0 Å². The highest BCUT2D eigenvalue weighted by Gasteiger charge is 2.07. The first-order chi connectivity index (χ1) is 4.97. The zero-order valence-electron chi connectivity index (χ0n) is 5.94. The molecule has 0 spiro atoms. The molecule has 2 N–H and O–H groups in total. The molecule has 0 saturated heterocycles. The summed E-state index contributed by atoms with van der Waals surface area (Å²) in [7, 11) is -2.97. The van der Waals surface area contributed by atoms with Crippen LogP contribution in [0.4, 0.5) is 5.82 Å². The molecule has 0 amide bonds. The van der Waals surface area contributed by atoms with Crippen LogP contribution in [-0.2, 0) is 15.6 Å². The molecule has 4 nitrogen and oxygen atoms in total. The average Bonchev–Trinajstić information content (AvgIpc) is 2.10. The third-order valence-corrected chi connectivity index (χ3v) is 2.80. The number of nitrogens with two attached hydrogens (primary N) is 1. The average molecular weight is 192 g/mol. The first kappa shape index (κ1) is 8.48. The Labute approximate surface area is 69.0 Å². The van der Waals surface area contributed by atoms with Crippen molar-refractivity contribution in [3.8, 4) is 0 Å². The third kappa shape index (κ3) is 2.85. The van der Waals surface area contributed by atoms with Gasteiger partial charge in [0.25, 0.3) is 0 Å². The lowest BCUT2D eigenvalue weighted by Gasteiger charge is -1.90. The number of nitrogens with zero attached hydrogens (tertiary/aromatic N) is 1. The van der Waals surface area contributed by atoms with Crippen molar-refractivity contribution in [2.75, 3.05) is 12.0 Å². The molecule has 0 atom stereocenters. The molecule has 0 fully saturated rings. The van der Waals surface area contributed by atoms with E-state index in [-0.39, 0.29) is 5.75 Å². The van der Waals surface area contributed by atoms with E-state index in [2.05, 4.69) is 4.98 Å². The summed E-state index contributed by atoms with van der Waals surface area (Å²) in [5, 5.41) is 2.17. The van der Waals surface area contributed by atoms with Gasteiger partial charge < -0.3 is 5.73 Å². The molecule has 1 rings (SSSR count). The normalized spacial score (nSPS) is 11.7. The number of aromatic nitrogens is 1. The first-order valence-corrected chi connectivity index (χ1v) is 5.79. The highest BCUT2D eigenvalue weighted by Crippen LogP contribution is 2.13. The van der Waals surface area contributed by atoms with Gasteiger partial charge in [-0.25, -0.2) is 13.4 Å². The molecule has 0 aliphatic rings. The Bertz CT molecular complexity index is 341. The quantitative estimate of drug-likeness (QED) is 0.730. The maximum Gasteiger partial charge on any atom is 0.153 e. The van der Waals surface area contributed by atoms with Gasteiger partial charge in [0.05, 0.1) is 0 Å². The molecule has 1 heterocycles. The van der Waals surface area contributed by atoms with Crippen molar-refractivity contribution in [1.29, 1.82) is 0 Å². The fraction of sp³-hybridized carbons (Fsp3) is 0.400. The Morgan fingerprint density at radius 1 is 1.73 bits per heavy atom. The van der Waals surface area contributed by atoms with Crippen molar-refractivity contribution in [3.63, 3.8) is 0 Å². The molecule has 0 unspecified atom stereocenters. The summed E-state index contributed by atoms with van der Waals surface area (Å²) in [4.78, 5) is 3.81. The zero-order valence-corrected chi connectivity index (χ0v) is 7.58. The number of hydrogen-bond donors (Lipinski definition) is 1. The molecule has 6 heteroatoms. The van der Waals surface area contributed by atoms with Crippen molar-refractivity contribution in [3.05, 3.63) is 10.4 Å². The maximum atomic E-state index is 10.7. The Kier molecular flexibility index (Phi) is 2.15. The minimum atomic E-state index is -2.97. The number of thiazole rings is 1. The van der Waals surface area contributed by atoms with Crippen LogP contribution in [0, 0.1) is 0 Å². The van der Waals surface area contributed by atoms with E-state index >= 15 is 0 Å². The van der Waals surface area contributed by atoms with E-state index in [0.717, 1.165) is 0 Å². The van der Waals surface area contributed by atoms with Gasteiger partial charge >= 0.3 is 0 Å². The van der Waals surface area contributed by atoms with Crippen LogP contribution in [0.5, 0.6) is 0 Å². The van der Waals surface area contributed by atoms with Gasteiger partial charge in [0.15, 0.2) is 9.84 Å². The minimum absolute atomic E-state index is 0.0190. The predicted molar refractivity (Wildman–Crippen MR) is 45.1 cm³/mol. The maximum absolute atomic E-state index is 10.7. The summed E-state index contributed by atoms with van der Waals surface area (Å²) in [6.07, 6.45) is 1.17. The van der Waals surface area contributed by atoms with Gasteiger partial charge in [0.2, 0.25) is 0 Å². The molecule has 62 valence electrons. The Hall–Kier alpha value is -0.620. The monoisotopic (exact) mass is 192 g/mol. The van der Waals surface area contributed by atoms with Crippen LogP contribution in [0.1, 0.15) is 5.01 Å². The molecule has 1 aromatic rings.